The molecule has 0 aromatic heterocycles. The average Bonchev–Trinajstić information content (AvgIpc) is 3.21. The highest BCUT2D eigenvalue weighted by atomic mass is 16.5. The summed E-state index contributed by atoms with van der Waals surface area (Å²) in [6.45, 7) is 7.44. The van der Waals surface area contributed by atoms with Gasteiger partial charge in [0.2, 0.25) is 0 Å². The molecule has 18 heavy (non-hydrogen) atoms. The van der Waals surface area contributed by atoms with Crippen molar-refractivity contribution < 1.29 is 4.74 Å². The van der Waals surface area contributed by atoms with Crippen molar-refractivity contribution in [2.24, 2.45) is 4.99 Å². The topological polar surface area (TPSA) is 48.9 Å². The highest BCUT2D eigenvalue weighted by Crippen LogP contribution is 2.26. The van der Waals surface area contributed by atoms with Crippen LogP contribution in [0.3, 0.4) is 0 Å². The Balaban J connectivity index is 2.14. The second-order valence-corrected chi connectivity index (χ2v) is 4.82. The average molecular weight is 256 g/mol. The van der Waals surface area contributed by atoms with Crippen LogP contribution in [0.15, 0.2) is 4.99 Å². The zero-order valence-electron chi connectivity index (χ0n) is 12.2. The van der Waals surface area contributed by atoms with Crippen LogP contribution in [0.5, 0.6) is 0 Å². The predicted octanol–water partition coefficient (Wildman–Crippen LogP) is 0.671. The lowest BCUT2D eigenvalue weighted by molar-refractivity contribution is 0.152. The van der Waals surface area contributed by atoms with Crippen molar-refractivity contribution in [3.63, 3.8) is 0 Å². The molecule has 1 rings (SSSR count). The SMILES string of the molecule is CCOCCNC(=NC)NCC(C)N(C)C1CC1. The maximum absolute atomic E-state index is 5.28. The minimum atomic E-state index is 0.531. The van der Waals surface area contributed by atoms with Gasteiger partial charge in [0.15, 0.2) is 5.96 Å². The van der Waals surface area contributed by atoms with Crippen molar-refractivity contribution in [3.05, 3.63) is 0 Å². The molecular weight excluding hydrogens is 228 g/mol. The normalized spacial score (nSPS) is 17.9. The highest BCUT2D eigenvalue weighted by molar-refractivity contribution is 5.79. The molecule has 0 saturated heterocycles. The number of guanidine groups is 1. The minimum absolute atomic E-state index is 0.531. The van der Waals surface area contributed by atoms with Crippen molar-refractivity contribution >= 4 is 5.96 Å². The van der Waals surface area contributed by atoms with Crippen LogP contribution >= 0.6 is 0 Å². The van der Waals surface area contributed by atoms with E-state index in [0.29, 0.717) is 12.6 Å². The first-order valence-corrected chi connectivity index (χ1v) is 6.93. The van der Waals surface area contributed by atoms with E-state index < -0.39 is 0 Å². The summed E-state index contributed by atoms with van der Waals surface area (Å²) in [6, 6.07) is 1.33. The maximum Gasteiger partial charge on any atom is 0.191 e. The first-order chi connectivity index (χ1) is 8.69. The van der Waals surface area contributed by atoms with Crippen LogP contribution in [0.4, 0.5) is 0 Å². The van der Waals surface area contributed by atoms with Crippen molar-refractivity contribution in [2.45, 2.75) is 38.8 Å². The predicted molar refractivity (Wildman–Crippen MR) is 76.1 cm³/mol. The van der Waals surface area contributed by atoms with Gasteiger partial charge in [-0.1, -0.05) is 0 Å². The standard InChI is InChI=1S/C13H28N4O/c1-5-18-9-8-15-13(14-3)16-10-11(2)17(4)12-6-7-12/h11-12H,5-10H2,1-4H3,(H2,14,15,16). The van der Waals surface area contributed by atoms with Gasteiger partial charge in [-0.3, -0.25) is 9.89 Å². The summed E-state index contributed by atoms with van der Waals surface area (Å²) in [7, 11) is 4.00. The molecule has 2 N–H and O–H groups in total. The molecule has 1 atom stereocenters. The first-order valence-electron chi connectivity index (χ1n) is 6.93. The number of ether oxygens (including phenoxy) is 1. The molecular formula is C13H28N4O. The Hall–Kier alpha value is -0.810. The fourth-order valence-corrected chi connectivity index (χ4v) is 1.84. The lowest BCUT2D eigenvalue weighted by Gasteiger charge is -2.25. The third-order valence-corrected chi connectivity index (χ3v) is 3.35. The summed E-state index contributed by atoms with van der Waals surface area (Å²) in [4.78, 5) is 6.64. The molecule has 0 heterocycles. The van der Waals surface area contributed by atoms with Gasteiger partial charge < -0.3 is 15.4 Å². The van der Waals surface area contributed by atoms with Crippen molar-refractivity contribution in [3.8, 4) is 0 Å². The summed E-state index contributed by atoms with van der Waals surface area (Å²) in [5, 5.41) is 6.59. The van der Waals surface area contributed by atoms with E-state index in [-0.39, 0.29) is 0 Å². The van der Waals surface area contributed by atoms with E-state index >= 15 is 0 Å². The zero-order chi connectivity index (χ0) is 13.4. The lowest BCUT2D eigenvalue weighted by Crippen LogP contribution is -2.46. The van der Waals surface area contributed by atoms with E-state index in [1.165, 1.54) is 12.8 Å². The van der Waals surface area contributed by atoms with Gasteiger partial charge in [0.1, 0.15) is 0 Å². The molecule has 0 bridgehead atoms. The van der Waals surface area contributed by atoms with Gasteiger partial charge in [-0.05, 0) is 33.7 Å². The fraction of sp³-hybridized carbons (Fsp3) is 0.923. The number of rotatable bonds is 8. The van der Waals surface area contributed by atoms with Crippen LogP contribution in [0, 0.1) is 0 Å². The second-order valence-electron chi connectivity index (χ2n) is 4.82. The number of likely N-dealkylation sites (N-methyl/N-ethyl adjacent to an activating group) is 1. The molecule has 0 spiro atoms. The molecule has 0 aromatic rings. The number of hydrogen-bond acceptors (Lipinski definition) is 3. The summed E-state index contributed by atoms with van der Waals surface area (Å²) in [5.74, 6) is 0.853. The van der Waals surface area contributed by atoms with Crippen molar-refractivity contribution in [1.29, 1.82) is 0 Å². The molecule has 0 aromatic carbocycles. The molecule has 1 fully saturated rings. The van der Waals surface area contributed by atoms with Crippen LogP contribution in [0.1, 0.15) is 26.7 Å². The number of nitrogens with one attached hydrogen (secondary N) is 2. The van der Waals surface area contributed by atoms with E-state index in [1.54, 1.807) is 7.05 Å². The summed E-state index contributed by atoms with van der Waals surface area (Å²) in [5.41, 5.74) is 0. The van der Waals surface area contributed by atoms with E-state index in [4.69, 9.17) is 4.74 Å². The van der Waals surface area contributed by atoms with E-state index in [9.17, 15) is 0 Å². The fourth-order valence-electron chi connectivity index (χ4n) is 1.84. The van der Waals surface area contributed by atoms with Gasteiger partial charge in [-0.25, -0.2) is 0 Å². The Morgan fingerprint density at radius 2 is 2.17 bits per heavy atom. The van der Waals surface area contributed by atoms with Crippen molar-refractivity contribution in [2.75, 3.05) is 40.4 Å². The quantitative estimate of drug-likeness (QED) is 0.381. The molecule has 1 aliphatic carbocycles. The molecule has 0 aliphatic heterocycles. The highest BCUT2D eigenvalue weighted by Gasteiger charge is 2.28. The van der Waals surface area contributed by atoms with E-state index in [0.717, 1.165) is 31.7 Å². The van der Waals surface area contributed by atoms with E-state index in [2.05, 4.69) is 34.5 Å². The molecule has 1 unspecified atom stereocenters. The smallest absolute Gasteiger partial charge is 0.191 e. The molecule has 5 heteroatoms. The zero-order valence-corrected chi connectivity index (χ0v) is 12.2. The summed E-state index contributed by atoms with van der Waals surface area (Å²) < 4.78 is 5.28. The van der Waals surface area contributed by atoms with E-state index in [1.807, 2.05) is 6.92 Å². The molecule has 106 valence electrons. The van der Waals surface area contributed by atoms with Crippen LogP contribution in [0.25, 0.3) is 0 Å². The van der Waals surface area contributed by atoms with Gasteiger partial charge in [0, 0.05) is 38.8 Å². The van der Waals surface area contributed by atoms with Crippen LogP contribution in [-0.4, -0.2) is 63.3 Å². The number of nitrogens with zero attached hydrogens (tertiary/aromatic N) is 2. The van der Waals surface area contributed by atoms with Gasteiger partial charge in [0.25, 0.3) is 0 Å². The summed E-state index contributed by atoms with van der Waals surface area (Å²) >= 11 is 0. The Labute approximate surface area is 111 Å². The Bertz CT molecular complexity index is 253. The number of hydrogen-bond donors (Lipinski definition) is 2. The van der Waals surface area contributed by atoms with Crippen LogP contribution in [-0.2, 0) is 4.74 Å². The second kappa shape index (κ2) is 8.32. The lowest BCUT2D eigenvalue weighted by atomic mass is 10.3. The molecule has 0 amide bonds. The van der Waals surface area contributed by atoms with Gasteiger partial charge in [0.05, 0.1) is 6.61 Å². The maximum atomic E-state index is 5.28. The first kappa shape index (κ1) is 15.2. The van der Waals surface area contributed by atoms with Gasteiger partial charge in [-0.15, -0.1) is 0 Å². The Morgan fingerprint density at radius 1 is 1.44 bits per heavy atom. The van der Waals surface area contributed by atoms with Gasteiger partial charge in [-0.2, -0.15) is 0 Å². The largest absolute Gasteiger partial charge is 0.380 e. The molecule has 1 saturated carbocycles. The van der Waals surface area contributed by atoms with Crippen LogP contribution < -0.4 is 10.6 Å². The molecule has 1 aliphatic rings. The van der Waals surface area contributed by atoms with Crippen LogP contribution in [0.2, 0.25) is 0 Å². The Kier molecular flexibility index (Phi) is 7.05. The van der Waals surface area contributed by atoms with Crippen molar-refractivity contribution in [1.82, 2.24) is 15.5 Å². The third-order valence-electron chi connectivity index (χ3n) is 3.35. The van der Waals surface area contributed by atoms with Gasteiger partial charge >= 0.3 is 0 Å². The molecule has 0 radical (unpaired) electrons. The Morgan fingerprint density at radius 3 is 2.72 bits per heavy atom. The molecule has 5 nitrogen and oxygen atoms in total. The third kappa shape index (κ3) is 5.69. The monoisotopic (exact) mass is 256 g/mol. The summed E-state index contributed by atoms with van der Waals surface area (Å²) in [6.07, 6.45) is 2.70. The minimum Gasteiger partial charge on any atom is -0.380 e. The number of aliphatic imine (C=N–C) groups is 1.